The van der Waals surface area contributed by atoms with Crippen molar-refractivity contribution in [3.8, 4) is 0 Å². The molecule has 1 aromatic rings. The van der Waals surface area contributed by atoms with Gasteiger partial charge in [0.25, 0.3) is 0 Å². The van der Waals surface area contributed by atoms with E-state index >= 15 is 0 Å². The molecule has 0 spiro atoms. The van der Waals surface area contributed by atoms with Crippen LogP contribution in [0.1, 0.15) is 19.8 Å². The van der Waals surface area contributed by atoms with Gasteiger partial charge in [0, 0.05) is 20.1 Å². The molecule has 0 radical (unpaired) electrons. The second-order valence-corrected chi connectivity index (χ2v) is 4.73. The Morgan fingerprint density at radius 1 is 1.31 bits per heavy atom. The van der Waals surface area contributed by atoms with E-state index < -0.39 is 0 Å². The number of hydrogen-bond acceptors (Lipinski definition) is 5. The van der Waals surface area contributed by atoms with E-state index in [1.54, 1.807) is 4.90 Å². The Bertz CT molecular complexity index is 377. The lowest BCUT2D eigenvalue weighted by molar-refractivity contribution is 0.684. The van der Waals surface area contributed by atoms with Gasteiger partial charge in [0.2, 0.25) is 17.2 Å². The lowest BCUT2D eigenvalue weighted by Crippen LogP contribution is -2.21. The van der Waals surface area contributed by atoms with Crippen LogP contribution in [0.3, 0.4) is 0 Å². The third-order valence-corrected chi connectivity index (χ3v) is 2.85. The molecule has 5 nitrogen and oxygen atoms in total. The lowest BCUT2D eigenvalue weighted by atomic mass is 10.2. The number of nitrogens with one attached hydrogen (secondary N) is 1. The van der Waals surface area contributed by atoms with E-state index in [1.165, 1.54) is 12.8 Å². The van der Waals surface area contributed by atoms with E-state index in [-0.39, 0.29) is 5.28 Å². The zero-order chi connectivity index (χ0) is 11.7. The highest BCUT2D eigenvalue weighted by Gasteiger charge is 2.28. The SMILES string of the molecule is CC(Nc1nc(Cl)nc(N(C)C)n1)C1CC1. The van der Waals surface area contributed by atoms with E-state index in [1.807, 2.05) is 14.1 Å². The van der Waals surface area contributed by atoms with Crippen molar-refractivity contribution in [2.24, 2.45) is 5.92 Å². The molecule has 16 heavy (non-hydrogen) atoms. The normalized spacial score (nSPS) is 17.0. The van der Waals surface area contributed by atoms with E-state index in [2.05, 4.69) is 27.2 Å². The maximum Gasteiger partial charge on any atom is 0.230 e. The number of aromatic nitrogens is 3. The molecule has 0 aromatic carbocycles. The highest BCUT2D eigenvalue weighted by atomic mass is 35.5. The molecule has 0 amide bonds. The van der Waals surface area contributed by atoms with Crippen LogP contribution in [0.15, 0.2) is 0 Å². The van der Waals surface area contributed by atoms with Crippen molar-refractivity contribution >= 4 is 23.5 Å². The van der Waals surface area contributed by atoms with Crippen molar-refractivity contribution in [2.75, 3.05) is 24.3 Å². The van der Waals surface area contributed by atoms with Crippen LogP contribution in [-0.2, 0) is 0 Å². The third-order valence-electron chi connectivity index (χ3n) is 2.68. The molecule has 0 aliphatic heterocycles. The van der Waals surface area contributed by atoms with Crippen molar-refractivity contribution in [3.05, 3.63) is 5.28 Å². The quantitative estimate of drug-likeness (QED) is 0.871. The Morgan fingerprint density at radius 3 is 2.56 bits per heavy atom. The van der Waals surface area contributed by atoms with Crippen molar-refractivity contribution in [2.45, 2.75) is 25.8 Å². The third kappa shape index (κ3) is 2.72. The zero-order valence-electron chi connectivity index (χ0n) is 9.74. The fourth-order valence-corrected chi connectivity index (χ4v) is 1.68. The van der Waals surface area contributed by atoms with Crippen LogP contribution in [-0.4, -0.2) is 35.1 Å². The minimum absolute atomic E-state index is 0.226. The smallest absolute Gasteiger partial charge is 0.230 e. The predicted octanol–water partition coefficient (Wildman–Crippen LogP) is 1.80. The van der Waals surface area contributed by atoms with Gasteiger partial charge in [-0.3, -0.25) is 0 Å². The van der Waals surface area contributed by atoms with Gasteiger partial charge in [0.15, 0.2) is 0 Å². The molecular weight excluding hydrogens is 226 g/mol. The first-order valence-electron chi connectivity index (χ1n) is 5.41. The summed E-state index contributed by atoms with van der Waals surface area (Å²) >= 11 is 5.84. The molecule has 1 unspecified atom stereocenters. The first-order chi connectivity index (χ1) is 7.56. The maximum absolute atomic E-state index is 5.84. The second-order valence-electron chi connectivity index (χ2n) is 4.39. The summed E-state index contributed by atoms with van der Waals surface area (Å²) in [5, 5.41) is 3.49. The highest BCUT2D eigenvalue weighted by Crippen LogP contribution is 2.33. The van der Waals surface area contributed by atoms with Gasteiger partial charge in [-0.15, -0.1) is 0 Å². The first kappa shape index (κ1) is 11.4. The Balaban J connectivity index is 2.13. The number of anilines is 2. The van der Waals surface area contributed by atoms with Crippen LogP contribution < -0.4 is 10.2 Å². The topological polar surface area (TPSA) is 53.9 Å². The molecule has 1 saturated carbocycles. The minimum atomic E-state index is 0.226. The maximum atomic E-state index is 5.84. The van der Waals surface area contributed by atoms with Crippen molar-refractivity contribution < 1.29 is 0 Å². The van der Waals surface area contributed by atoms with Crippen LogP contribution in [0.4, 0.5) is 11.9 Å². The first-order valence-corrected chi connectivity index (χ1v) is 5.79. The van der Waals surface area contributed by atoms with Crippen LogP contribution in [0.5, 0.6) is 0 Å². The van der Waals surface area contributed by atoms with Gasteiger partial charge in [0.1, 0.15) is 0 Å². The molecule has 1 aliphatic rings. The van der Waals surface area contributed by atoms with E-state index in [4.69, 9.17) is 11.6 Å². The summed E-state index contributed by atoms with van der Waals surface area (Å²) in [6.45, 7) is 2.14. The molecule has 2 rings (SSSR count). The van der Waals surface area contributed by atoms with E-state index in [0.29, 0.717) is 17.9 Å². The van der Waals surface area contributed by atoms with Gasteiger partial charge in [0.05, 0.1) is 0 Å². The summed E-state index contributed by atoms with van der Waals surface area (Å²) in [5.41, 5.74) is 0. The van der Waals surface area contributed by atoms with Crippen LogP contribution in [0.25, 0.3) is 0 Å². The minimum Gasteiger partial charge on any atom is -0.351 e. The molecule has 1 aliphatic carbocycles. The van der Waals surface area contributed by atoms with Crippen LogP contribution in [0, 0.1) is 5.92 Å². The summed E-state index contributed by atoms with van der Waals surface area (Å²) < 4.78 is 0. The fourth-order valence-electron chi connectivity index (χ4n) is 1.52. The molecule has 0 bridgehead atoms. The molecule has 1 N–H and O–H groups in total. The van der Waals surface area contributed by atoms with Gasteiger partial charge in [-0.1, -0.05) is 0 Å². The number of nitrogens with zero attached hydrogens (tertiary/aromatic N) is 4. The standard InChI is InChI=1S/C10H16ClN5/c1-6(7-4-5-7)12-9-13-8(11)14-10(15-9)16(2)3/h6-7H,4-5H2,1-3H3,(H,12,13,14,15). The largest absolute Gasteiger partial charge is 0.351 e. The van der Waals surface area contributed by atoms with Crippen LogP contribution in [0.2, 0.25) is 5.28 Å². The number of halogens is 1. The Kier molecular flexibility index (Phi) is 3.14. The molecule has 88 valence electrons. The Morgan fingerprint density at radius 2 is 2.00 bits per heavy atom. The summed E-state index contributed by atoms with van der Waals surface area (Å²) in [4.78, 5) is 14.2. The second kappa shape index (κ2) is 4.41. The highest BCUT2D eigenvalue weighted by molar-refractivity contribution is 6.28. The molecular formula is C10H16ClN5. The summed E-state index contributed by atoms with van der Waals surface area (Å²) in [7, 11) is 3.75. The molecule has 1 aromatic heterocycles. The predicted molar refractivity (Wildman–Crippen MR) is 65.0 cm³/mol. The Labute approximate surface area is 100 Å². The van der Waals surface area contributed by atoms with E-state index in [9.17, 15) is 0 Å². The monoisotopic (exact) mass is 241 g/mol. The van der Waals surface area contributed by atoms with Gasteiger partial charge >= 0.3 is 0 Å². The molecule has 6 heteroatoms. The fraction of sp³-hybridized carbons (Fsp3) is 0.700. The van der Waals surface area contributed by atoms with Gasteiger partial charge in [-0.25, -0.2) is 0 Å². The van der Waals surface area contributed by atoms with Crippen molar-refractivity contribution in [1.29, 1.82) is 0 Å². The number of rotatable bonds is 4. The number of hydrogen-bond donors (Lipinski definition) is 1. The van der Waals surface area contributed by atoms with Gasteiger partial charge < -0.3 is 10.2 Å². The molecule has 0 saturated heterocycles. The lowest BCUT2D eigenvalue weighted by Gasteiger charge is -2.15. The summed E-state index contributed by atoms with van der Waals surface area (Å²) in [6, 6.07) is 0.397. The summed E-state index contributed by atoms with van der Waals surface area (Å²) in [5.74, 6) is 1.88. The van der Waals surface area contributed by atoms with E-state index in [0.717, 1.165) is 5.92 Å². The van der Waals surface area contributed by atoms with Crippen LogP contribution >= 0.6 is 11.6 Å². The van der Waals surface area contributed by atoms with Gasteiger partial charge in [-0.2, -0.15) is 15.0 Å². The summed E-state index contributed by atoms with van der Waals surface area (Å²) in [6.07, 6.45) is 2.57. The molecule has 1 heterocycles. The van der Waals surface area contributed by atoms with Crippen molar-refractivity contribution in [3.63, 3.8) is 0 Å². The molecule has 1 atom stereocenters. The average Bonchev–Trinajstić information content (AvgIpc) is 2.99. The van der Waals surface area contributed by atoms with Crippen molar-refractivity contribution in [1.82, 2.24) is 15.0 Å². The molecule has 1 fully saturated rings. The average molecular weight is 242 g/mol. The zero-order valence-corrected chi connectivity index (χ0v) is 10.5. The van der Waals surface area contributed by atoms with Gasteiger partial charge in [-0.05, 0) is 37.3 Å². The Hall–Kier alpha value is -1.10.